The number of amides is 1. The molecule has 1 atom stereocenters. The van der Waals surface area contributed by atoms with Crippen LogP contribution in [0.3, 0.4) is 0 Å². The Hall–Kier alpha value is -3.15. The Bertz CT molecular complexity index is 1060. The number of rotatable bonds is 6. The average molecular weight is 475 g/mol. The maximum Gasteiger partial charge on any atom is 0.422 e. The largest absolute Gasteiger partial charge is 0.483 e. The van der Waals surface area contributed by atoms with E-state index in [-0.39, 0.29) is 11.4 Å². The van der Waals surface area contributed by atoms with Crippen molar-refractivity contribution in [2.24, 2.45) is 0 Å². The fourth-order valence-electron chi connectivity index (χ4n) is 2.56. The van der Waals surface area contributed by atoms with E-state index >= 15 is 0 Å². The van der Waals surface area contributed by atoms with Crippen LogP contribution in [0, 0.1) is 0 Å². The zero-order chi connectivity index (χ0) is 23.5. The number of halogens is 6. The Morgan fingerprint density at radius 1 is 1.09 bits per heavy atom. The summed E-state index contributed by atoms with van der Waals surface area (Å²) in [6.07, 6.45) is -7.79. The molecule has 0 saturated carbocycles. The van der Waals surface area contributed by atoms with Gasteiger partial charge in [-0.3, -0.25) is 9.78 Å². The molecule has 1 unspecified atom stereocenters. The molecule has 2 aromatic heterocycles. The van der Waals surface area contributed by atoms with Crippen LogP contribution in [-0.4, -0.2) is 28.7 Å². The topological polar surface area (TPSA) is 64.1 Å². The highest BCUT2D eigenvalue weighted by molar-refractivity contribution is 7.13. The average Bonchev–Trinajstić information content (AvgIpc) is 3.22. The Kier molecular flexibility index (Phi) is 6.72. The fourth-order valence-corrected chi connectivity index (χ4v) is 3.36. The van der Waals surface area contributed by atoms with E-state index in [9.17, 15) is 31.1 Å². The van der Waals surface area contributed by atoms with Crippen LogP contribution in [0.4, 0.5) is 26.3 Å². The quantitative estimate of drug-likeness (QED) is 0.468. The minimum atomic E-state index is -4.47. The lowest BCUT2D eigenvalue weighted by Crippen LogP contribution is -2.27. The van der Waals surface area contributed by atoms with Crippen molar-refractivity contribution in [3.05, 3.63) is 64.9 Å². The highest BCUT2D eigenvalue weighted by atomic mass is 32.1. The predicted octanol–water partition coefficient (Wildman–Crippen LogP) is 5.66. The number of nitrogens with one attached hydrogen (secondary N) is 1. The maximum atomic E-state index is 12.7. The number of nitrogens with zero attached hydrogens (tertiary/aromatic N) is 2. The minimum Gasteiger partial charge on any atom is -0.483 e. The molecule has 12 heteroatoms. The van der Waals surface area contributed by atoms with E-state index < -0.39 is 36.5 Å². The third-order valence-corrected chi connectivity index (χ3v) is 5.04. The van der Waals surface area contributed by atoms with Gasteiger partial charge in [0.05, 0.1) is 23.5 Å². The summed E-state index contributed by atoms with van der Waals surface area (Å²) in [5.41, 5.74) is 0.107. The van der Waals surface area contributed by atoms with Crippen LogP contribution < -0.4 is 10.1 Å². The lowest BCUT2D eigenvalue weighted by atomic mass is 10.1. The van der Waals surface area contributed by atoms with Gasteiger partial charge in [-0.25, -0.2) is 4.98 Å². The van der Waals surface area contributed by atoms with Gasteiger partial charge in [-0.15, -0.1) is 11.3 Å². The molecule has 1 amide bonds. The summed E-state index contributed by atoms with van der Waals surface area (Å²) in [6.45, 7) is 0.186. The molecule has 5 nitrogen and oxygen atoms in total. The van der Waals surface area contributed by atoms with E-state index in [1.165, 1.54) is 29.6 Å². The molecule has 2 heterocycles. The van der Waals surface area contributed by atoms with Crippen LogP contribution in [0.5, 0.6) is 5.75 Å². The highest BCUT2D eigenvalue weighted by Gasteiger charge is 2.30. The lowest BCUT2D eigenvalue weighted by molar-refractivity contribution is -0.153. The Morgan fingerprint density at radius 3 is 2.34 bits per heavy atom. The molecule has 0 aliphatic heterocycles. The molecular weight excluding hydrogens is 460 g/mol. The van der Waals surface area contributed by atoms with E-state index in [2.05, 4.69) is 20.0 Å². The van der Waals surface area contributed by atoms with E-state index in [0.717, 1.165) is 29.7 Å². The van der Waals surface area contributed by atoms with Crippen LogP contribution in [0.15, 0.2) is 48.0 Å². The van der Waals surface area contributed by atoms with Crippen molar-refractivity contribution in [2.45, 2.75) is 25.3 Å². The van der Waals surface area contributed by atoms with Gasteiger partial charge in [-0.2, -0.15) is 26.3 Å². The Balaban J connectivity index is 1.62. The maximum absolute atomic E-state index is 12.7. The first-order valence-electron chi connectivity index (χ1n) is 9.02. The second kappa shape index (κ2) is 9.15. The molecular formula is C20H15F6N3O2S. The number of alkyl halides is 6. The van der Waals surface area contributed by atoms with Crippen LogP contribution in [0.25, 0.3) is 10.6 Å². The van der Waals surface area contributed by atoms with Crippen LogP contribution >= 0.6 is 11.3 Å². The van der Waals surface area contributed by atoms with Gasteiger partial charge in [0.1, 0.15) is 16.5 Å². The Labute approximate surface area is 182 Å². The van der Waals surface area contributed by atoms with Crippen molar-refractivity contribution in [3.63, 3.8) is 0 Å². The molecule has 170 valence electrons. The summed E-state index contributed by atoms with van der Waals surface area (Å²) in [5.74, 6) is -0.601. The van der Waals surface area contributed by atoms with E-state index in [1.807, 2.05) is 0 Å². The number of pyridine rings is 1. The van der Waals surface area contributed by atoms with Crippen molar-refractivity contribution >= 4 is 17.2 Å². The first-order valence-corrected chi connectivity index (χ1v) is 9.90. The summed E-state index contributed by atoms with van der Waals surface area (Å²) >= 11 is 1.10. The van der Waals surface area contributed by atoms with Crippen molar-refractivity contribution in [3.8, 4) is 16.3 Å². The van der Waals surface area contributed by atoms with Crippen LogP contribution in [0.1, 0.15) is 34.7 Å². The fraction of sp³-hybridized carbons (Fsp3) is 0.250. The standard InChI is InChI=1S/C20H15F6N3O2S/c1-11(15-7-6-14(8-27-15)31-10-19(21,22)23)28-17(30)16-9-32-18(29-16)12-2-4-13(5-3-12)20(24,25)26/h2-9,11H,10H2,1H3,(H,28,30). The summed E-state index contributed by atoms with van der Waals surface area (Å²) in [6, 6.07) is 6.57. The normalized spacial score (nSPS) is 13.0. The number of carbonyl (C=O) groups excluding carboxylic acids is 1. The summed E-state index contributed by atoms with van der Waals surface area (Å²) in [7, 11) is 0. The molecule has 3 rings (SSSR count). The smallest absolute Gasteiger partial charge is 0.422 e. The number of carbonyl (C=O) groups is 1. The molecule has 0 aliphatic carbocycles. The van der Waals surface area contributed by atoms with Gasteiger partial charge in [0.2, 0.25) is 0 Å². The number of benzene rings is 1. The second-order valence-corrected chi connectivity index (χ2v) is 7.49. The lowest BCUT2D eigenvalue weighted by Gasteiger charge is -2.13. The van der Waals surface area contributed by atoms with Crippen molar-refractivity contribution < 1.29 is 35.9 Å². The monoisotopic (exact) mass is 475 g/mol. The summed E-state index contributed by atoms with van der Waals surface area (Å²) in [5, 5.41) is 4.50. The SMILES string of the molecule is CC(NC(=O)c1csc(-c2ccc(C(F)(F)F)cc2)n1)c1ccc(OCC(F)(F)F)cn1. The summed E-state index contributed by atoms with van der Waals surface area (Å²) < 4.78 is 79.2. The van der Waals surface area contributed by atoms with E-state index in [0.29, 0.717) is 16.3 Å². The highest BCUT2D eigenvalue weighted by Crippen LogP contribution is 2.32. The van der Waals surface area contributed by atoms with Gasteiger partial charge in [0.25, 0.3) is 5.91 Å². The van der Waals surface area contributed by atoms with Gasteiger partial charge in [0.15, 0.2) is 6.61 Å². The molecule has 0 bridgehead atoms. The third kappa shape index (κ3) is 6.19. The zero-order valence-corrected chi connectivity index (χ0v) is 17.1. The number of thiazole rings is 1. The molecule has 0 radical (unpaired) electrons. The minimum absolute atomic E-state index is 0.0645. The van der Waals surface area contributed by atoms with Gasteiger partial charge in [-0.05, 0) is 31.2 Å². The van der Waals surface area contributed by atoms with Crippen molar-refractivity contribution in [2.75, 3.05) is 6.61 Å². The van der Waals surface area contributed by atoms with Gasteiger partial charge in [0, 0.05) is 10.9 Å². The number of ether oxygens (including phenoxy) is 1. The van der Waals surface area contributed by atoms with E-state index in [4.69, 9.17) is 0 Å². The van der Waals surface area contributed by atoms with E-state index in [1.54, 1.807) is 6.92 Å². The van der Waals surface area contributed by atoms with Gasteiger partial charge >= 0.3 is 12.4 Å². The summed E-state index contributed by atoms with van der Waals surface area (Å²) in [4.78, 5) is 20.6. The third-order valence-electron chi connectivity index (χ3n) is 4.15. The zero-order valence-electron chi connectivity index (χ0n) is 16.3. The predicted molar refractivity (Wildman–Crippen MR) is 104 cm³/mol. The van der Waals surface area contributed by atoms with Gasteiger partial charge < -0.3 is 10.1 Å². The molecule has 1 aromatic carbocycles. The molecule has 0 fully saturated rings. The van der Waals surface area contributed by atoms with Crippen molar-refractivity contribution in [1.82, 2.24) is 15.3 Å². The first-order chi connectivity index (χ1) is 14.9. The second-order valence-electron chi connectivity index (χ2n) is 6.63. The molecule has 0 spiro atoms. The Morgan fingerprint density at radius 2 is 1.78 bits per heavy atom. The molecule has 3 aromatic rings. The van der Waals surface area contributed by atoms with Crippen molar-refractivity contribution in [1.29, 1.82) is 0 Å². The number of hydrogen-bond acceptors (Lipinski definition) is 5. The van der Waals surface area contributed by atoms with Gasteiger partial charge in [-0.1, -0.05) is 12.1 Å². The molecule has 0 saturated heterocycles. The number of hydrogen-bond donors (Lipinski definition) is 1. The first kappa shape index (κ1) is 23.5. The molecule has 1 N–H and O–H groups in total. The van der Waals surface area contributed by atoms with Crippen LogP contribution in [0.2, 0.25) is 0 Å². The van der Waals surface area contributed by atoms with Crippen LogP contribution in [-0.2, 0) is 6.18 Å². The number of aromatic nitrogens is 2. The molecule has 32 heavy (non-hydrogen) atoms. The molecule has 0 aliphatic rings.